The molecule has 0 radical (unpaired) electrons. The Kier molecular flexibility index (Phi) is 8.02. The lowest BCUT2D eigenvalue weighted by Gasteiger charge is -2.18. The number of aryl methyl sites for hydroxylation is 2. The minimum atomic E-state index is 0.606. The maximum Gasteiger partial charge on any atom is 0.00866 e. The van der Waals surface area contributed by atoms with Crippen LogP contribution >= 0.6 is 0 Å². The van der Waals surface area contributed by atoms with Crippen molar-refractivity contribution < 1.29 is 0 Å². The van der Waals surface area contributed by atoms with Crippen molar-refractivity contribution in [3.8, 4) is 12.3 Å². The number of benzene rings is 1. The molecule has 0 saturated heterocycles. The molecule has 0 aliphatic rings. The van der Waals surface area contributed by atoms with Gasteiger partial charge in [-0.25, -0.2) is 0 Å². The van der Waals surface area contributed by atoms with E-state index in [-0.39, 0.29) is 0 Å². The van der Waals surface area contributed by atoms with Crippen molar-refractivity contribution in [2.24, 2.45) is 0 Å². The fraction of sp³-hybridized carbons (Fsp3) is 0.556. The first kappa shape index (κ1) is 15.8. The highest BCUT2D eigenvalue weighted by molar-refractivity contribution is 5.21. The Morgan fingerprint density at radius 1 is 1.21 bits per heavy atom. The molecule has 0 heterocycles. The molecule has 1 atom stereocenters. The summed E-state index contributed by atoms with van der Waals surface area (Å²) in [5.41, 5.74) is 2.77. The number of terminal acetylenes is 1. The topological polar surface area (TPSA) is 12.0 Å². The van der Waals surface area contributed by atoms with Gasteiger partial charge in [0.1, 0.15) is 0 Å². The number of nitrogens with one attached hydrogen (secondary N) is 1. The summed E-state index contributed by atoms with van der Waals surface area (Å²) in [5, 5.41) is 3.64. The van der Waals surface area contributed by atoms with E-state index in [1.165, 1.54) is 30.4 Å². The monoisotopic (exact) mass is 257 g/mol. The second-order valence-electron chi connectivity index (χ2n) is 5.27. The predicted molar refractivity (Wildman–Crippen MR) is 84.3 cm³/mol. The third kappa shape index (κ3) is 7.03. The van der Waals surface area contributed by atoms with Gasteiger partial charge in [0.05, 0.1) is 0 Å². The van der Waals surface area contributed by atoms with Crippen LogP contribution in [0.15, 0.2) is 24.3 Å². The van der Waals surface area contributed by atoms with Crippen molar-refractivity contribution in [2.45, 2.75) is 58.4 Å². The van der Waals surface area contributed by atoms with E-state index in [9.17, 15) is 0 Å². The maximum atomic E-state index is 5.32. The largest absolute Gasteiger partial charge is 0.314 e. The molecular weight excluding hydrogens is 230 g/mol. The molecule has 1 aromatic carbocycles. The summed E-state index contributed by atoms with van der Waals surface area (Å²) >= 11 is 0. The fourth-order valence-corrected chi connectivity index (χ4v) is 2.24. The molecular formula is C18H27N. The Morgan fingerprint density at radius 3 is 2.58 bits per heavy atom. The second-order valence-corrected chi connectivity index (χ2v) is 5.27. The van der Waals surface area contributed by atoms with E-state index in [0.717, 1.165) is 25.8 Å². The highest BCUT2D eigenvalue weighted by Gasteiger charge is 2.07. The Morgan fingerprint density at radius 2 is 1.95 bits per heavy atom. The third-order valence-corrected chi connectivity index (χ3v) is 3.46. The van der Waals surface area contributed by atoms with E-state index >= 15 is 0 Å². The van der Waals surface area contributed by atoms with Crippen molar-refractivity contribution >= 4 is 0 Å². The van der Waals surface area contributed by atoms with Gasteiger partial charge in [-0.15, -0.1) is 12.3 Å². The van der Waals surface area contributed by atoms with E-state index in [0.29, 0.717) is 6.04 Å². The van der Waals surface area contributed by atoms with E-state index in [1.807, 2.05) is 0 Å². The molecule has 104 valence electrons. The average molecular weight is 257 g/mol. The van der Waals surface area contributed by atoms with Crippen LogP contribution in [0.5, 0.6) is 0 Å². The van der Waals surface area contributed by atoms with Gasteiger partial charge in [-0.3, -0.25) is 0 Å². The standard InChI is InChI=1S/C18H27N/c1-4-6-7-8-18(19-15-5-2)14-13-17-11-9-16(3)10-12-17/h1,9-12,18-19H,5-8,13-15H2,2-3H3. The number of hydrogen-bond donors (Lipinski definition) is 1. The highest BCUT2D eigenvalue weighted by atomic mass is 14.9. The Labute approximate surface area is 118 Å². The molecule has 19 heavy (non-hydrogen) atoms. The first-order valence-corrected chi connectivity index (χ1v) is 7.48. The molecule has 0 bridgehead atoms. The zero-order valence-corrected chi connectivity index (χ0v) is 12.4. The average Bonchev–Trinajstić information content (AvgIpc) is 2.43. The molecule has 0 amide bonds. The van der Waals surface area contributed by atoms with Crippen LogP contribution in [0.4, 0.5) is 0 Å². The molecule has 1 heteroatoms. The van der Waals surface area contributed by atoms with Gasteiger partial charge in [0.2, 0.25) is 0 Å². The summed E-state index contributed by atoms with van der Waals surface area (Å²) in [4.78, 5) is 0. The lowest BCUT2D eigenvalue weighted by Crippen LogP contribution is -2.30. The van der Waals surface area contributed by atoms with E-state index < -0.39 is 0 Å². The van der Waals surface area contributed by atoms with E-state index in [4.69, 9.17) is 6.42 Å². The fourth-order valence-electron chi connectivity index (χ4n) is 2.24. The van der Waals surface area contributed by atoms with Gasteiger partial charge in [0.25, 0.3) is 0 Å². The second kappa shape index (κ2) is 9.64. The minimum absolute atomic E-state index is 0.606. The van der Waals surface area contributed by atoms with Gasteiger partial charge in [-0.05, 0) is 51.1 Å². The van der Waals surface area contributed by atoms with Crippen LogP contribution in [0, 0.1) is 19.3 Å². The Hall–Kier alpha value is -1.26. The van der Waals surface area contributed by atoms with Crippen LogP contribution in [0.2, 0.25) is 0 Å². The quantitative estimate of drug-likeness (QED) is 0.519. The van der Waals surface area contributed by atoms with Crippen LogP contribution in [0.1, 0.15) is 50.2 Å². The zero-order valence-electron chi connectivity index (χ0n) is 12.4. The van der Waals surface area contributed by atoms with Crippen molar-refractivity contribution in [3.05, 3.63) is 35.4 Å². The highest BCUT2D eigenvalue weighted by Crippen LogP contribution is 2.11. The van der Waals surface area contributed by atoms with Crippen LogP contribution in [-0.2, 0) is 6.42 Å². The smallest absolute Gasteiger partial charge is 0.00866 e. The molecule has 1 aromatic rings. The van der Waals surface area contributed by atoms with Gasteiger partial charge < -0.3 is 5.32 Å². The van der Waals surface area contributed by atoms with Gasteiger partial charge in [-0.1, -0.05) is 36.8 Å². The maximum absolute atomic E-state index is 5.32. The molecule has 0 saturated carbocycles. The molecule has 0 fully saturated rings. The predicted octanol–water partition coefficient (Wildman–Crippen LogP) is 4.10. The molecule has 0 aromatic heterocycles. The summed E-state index contributed by atoms with van der Waals surface area (Å²) in [7, 11) is 0. The van der Waals surface area contributed by atoms with Gasteiger partial charge in [0.15, 0.2) is 0 Å². The molecule has 1 nitrogen and oxygen atoms in total. The first-order chi connectivity index (χ1) is 9.26. The van der Waals surface area contributed by atoms with Gasteiger partial charge in [-0.2, -0.15) is 0 Å². The summed E-state index contributed by atoms with van der Waals surface area (Å²) in [6.45, 7) is 5.45. The van der Waals surface area contributed by atoms with E-state index in [2.05, 4.69) is 49.4 Å². The van der Waals surface area contributed by atoms with Crippen molar-refractivity contribution in [1.29, 1.82) is 0 Å². The Balaban J connectivity index is 2.38. The van der Waals surface area contributed by atoms with Crippen LogP contribution in [0.3, 0.4) is 0 Å². The lowest BCUT2D eigenvalue weighted by molar-refractivity contribution is 0.444. The molecule has 1 N–H and O–H groups in total. The number of rotatable bonds is 9. The molecule has 0 aliphatic heterocycles. The van der Waals surface area contributed by atoms with Crippen LogP contribution in [0.25, 0.3) is 0 Å². The van der Waals surface area contributed by atoms with Crippen LogP contribution < -0.4 is 5.32 Å². The van der Waals surface area contributed by atoms with Gasteiger partial charge >= 0.3 is 0 Å². The normalized spacial score (nSPS) is 12.1. The van der Waals surface area contributed by atoms with E-state index in [1.54, 1.807) is 0 Å². The molecule has 1 rings (SSSR count). The van der Waals surface area contributed by atoms with Crippen LogP contribution in [-0.4, -0.2) is 12.6 Å². The summed E-state index contributed by atoms with van der Waals surface area (Å²) in [6.07, 6.45) is 12.1. The van der Waals surface area contributed by atoms with Crippen molar-refractivity contribution in [2.75, 3.05) is 6.54 Å². The zero-order chi connectivity index (χ0) is 13.9. The van der Waals surface area contributed by atoms with Crippen molar-refractivity contribution in [1.82, 2.24) is 5.32 Å². The number of unbranched alkanes of at least 4 members (excludes halogenated alkanes) is 1. The SMILES string of the molecule is C#CCCCC(CCc1ccc(C)cc1)NCCC. The summed E-state index contributed by atoms with van der Waals surface area (Å²) in [6, 6.07) is 9.49. The molecule has 1 unspecified atom stereocenters. The summed E-state index contributed by atoms with van der Waals surface area (Å²) in [5.74, 6) is 2.73. The van der Waals surface area contributed by atoms with Crippen molar-refractivity contribution in [3.63, 3.8) is 0 Å². The van der Waals surface area contributed by atoms with Gasteiger partial charge in [0, 0.05) is 12.5 Å². The first-order valence-electron chi connectivity index (χ1n) is 7.48. The molecule has 0 aliphatic carbocycles. The minimum Gasteiger partial charge on any atom is -0.314 e. The molecule has 0 spiro atoms. The third-order valence-electron chi connectivity index (χ3n) is 3.46. The Bertz CT molecular complexity index is 372. The summed E-state index contributed by atoms with van der Waals surface area (Å²) < 4.78 is 0. The number of hydrogen-bond acceptors (Lipinski definition) is 1. The lowest BCUT2D eigenvalue weighted by atomic mass is 10.00.